The predicted molar refractivity (Wildman–Crippen MR) is 74.9 cm³/mol. The minimum Gasteiger partial charge on any atom is -0.490 e. The van der Waals surface area contributed by atoms with E-state index in [-0.39, 0.29) is 23.8 Å². The van der Waals surface area contributed by atoms with E-state index in [9.17, 15) is 14.9 Å². The molecule has 6 nitrogen and oxygen atoms in total. The van der Waals surface area contributed by atoms with Crippen molar-refractivity contribution in [3.8, 4) is 5.75 Å². The van der Waals surface area contributed by atoms with E-state index in [0.717, 1.165) is 0 Å². The first kappa shape index (κ1) is 16.0. The molecule has 7 heteroatoms. The number of carbonyl (C=O) groups is 1. The Morgan fingerprint density at radius 2 is 2.20 bits per heavy atom. The molecule has 0 aromatic heterocycles. The number of methoxy groups -OCH3 is 1. The van der Waals surface area contributed by atoms with E-state index in [1.807, 2.05) is 0 Å². The molecule has 1 aromatic rings. The van der Waals surface area contributed by atoms with Gasteiger partial charge in [-0.05, 0) is 12.5 Å². The smallest absolute Gasteiger partial charge is 0.311 e. The van der Waals surface area contributed by atoms with Gasteiger partial charge in [-0.2, -0.15) is 0 Å². The van der Waals surface area contributed by atoms with Crippen molar-refractivity contribution in [2.75, 3.05) is 13.7 Å². The van der Waals surface area contributed by atoms with E-state index in [1.54, 1.807) is 6.92 Å². The van der Waals surface area contributed by atoms with Crippen molar-refractivity contribution in [2.45, 2.75) is 13.3 Å². The molecule has 0 aliphatic rings. The minimum atomic E-state index is -0.558. The van der Waals surface area contributed by atoms with Crippen LogP contribution in [0.5, 0.6) is 5.75 Å². The molecule has 20 heavy (non-hydrogen) atoms. The van der Waals surface area contributed by atoms with Gasteiger partial charge in [0.1, 0.15) is 0 Å². The van der Waals surface area contributed by atoms with Gasteiger partial charge in [0.05, 0.1) is 30.1 Å². The molecule has 0 fully saturated rings. The van der Waals surface area contributed by atoms with Crippen molar-refractivity contribution in [3.05, 3.63) is 38.9 Å². The molecule has 0 saturated carbocycles. The highest BCUT2D eigenvalue weighted by Crippen LogP contribution is 2.33. The van der Waals surface area contributed by atoms with Crippen LogP contribution >= 0.6 is 11.6 Å². The fourth-order valence-electron chi connectivity index (χ4n) is 1.50. The number of benzene rings is 1. The summed E-state index contributed by atoms with van der Waals surface area (Å²) in [6.45, 7) is 2.02. The molecule has 0 bridgehead atoms. The van der Waals surface area contributed by atoms with E-state index in [4.69, 9.17) is 21.1 Å². The fourth-order valence-corrected chi connectivity index (χ4v) is 1.71. The maximum atomic E-state index is 11.2. The molecular formula is C13H14ClNO5. The number of rotatable bonds is 6. The number of ether oxygens (including phenoxy) is 2. The second kappa shape index (κ2) is 7.49. The third kappa shape index (κ3) is 4.24. The monoisotopic (exact) mass is 299 g/mol. The highest BCUT2D eigenvalue weighted by Gasteiger charge is 2.17. The molecule has 1 aromatic carbocycles. The third-order valence-corrected chi connectivity index (χ3v) is 2.71. The molecule has 0 unspecified atom stereocenters. The number of nitro groups is 1. The first-order valence-electron chi connectivity index (χ1n) is 5.83. The Morgan fingerprint density at radius 1 is 1.50 bits per heavy atom. The molecule has 108 valence electrons. The maximum absolute atomic E-state index is 11.2. The largest absolute Gasteiger partial charge is 0.490 e. The van der Waals surface area contributed by atoms with Crippen LogP contribution in [-0.2, 0) is 9.53 Å². The molecule has 0 saturated heterocycles. The van der Waals surface area contributed by atoms with Crippen LogP contribution in [0.2, 0.25) is 5.02 Å². The van der Waals surface area contributed by atoms with Crippen LogP contribution in [0, 0.1) is 10.1 Å². The number of hydrogen-bond acceptors (Lipinski definition) is 5. The van der Waals surface area contributed by atoms with Gasteiger partial charge in [-0.25, -0.2) is 0 Å². The molecule has 0 atom stereocenters. The number of esters is 1. The second-order valence-corrected chi connectivity index (χ2v) is 4.12. The van der Waals surface area contributed by atoms with Crippen LogP contribution in [0.25, 0.3) is 6.08 Å². The summed E-state index contributed by atoms with van der Waals surface area (Å²) >= 11 is 5.99. The van der Waals surface area contributed by atoms with Gasteiger partial charge in [-0.15, -0.1) is 0 Å². The van der Waals surface area contributed by atoms with E-state index < -0.39 is 4.92 Å². The number of hydrogen-bond donors (Lipinski definition) is 0. The molecule has 0 aliphatic heterocycles. The van der Waals surface area contributed by atoms with Gasteiger partial charge in [0.2, 0.25) is 0 Å². The lowest BCUT2D eigenvalue weighted by molar-refractivity contribution is -0.385. The molecule has 0 spiro atoms. The Bertz CT molecular complexity index is 542. The fraction of sp³-hybridized carbons (Fsp3) is 0.308. The van der Waals surface area contributed by atoms with Gasteiger partial charge in [0.15, 0.2) is 5.75 Å². The Morgan fingerprint density at radius 3 is 2.75 bits per heavy atom. The van der Waals surface area contributed by atoms with Gasteiger partial charge in [0, 0.05) is 12.1 Å². The van der Waals surface area contributed by atoms with Crippen LogP contribution in [0.3, 0.4) is 0 Å². The molecule has 0 amide bonds. The van der Waals surface area contributed by atoms with Crippen LogP contribution in [-0.4, -0.2) is 24.6 Å². The molecular weight excluding hydrogens is 286 g/mol. The molecule has 0 aliphatic carbocycles. The lowest BCUT2D eigenvalue weighted by atomic mass is 10.1. The van der Waals surface area contributed by atoms with Crippen molar-refractivity contribution in [2.24, 2.45) is 0 Å². The highest BCUT2D eigenvalue weighted by molar-refractivity contribution is 6.32. The zero-order valence-electron chi connectivity index (χ0n) is 11.1. The summed E-state index contributed by atoms with van der Waals surface area (Å²) in [5.74, 6) is -0.287. The summed E-state index contributed by atoms with van der Waals surface area (Å²) in [7, 11) is 1.33. The Labute approximate surface area is 121 Å². The normalized spacial score (nSPS) is 10.6. The first-order valence-corrected chi connectivity index (χ1v) is 6.21. The Hall–Kier alpha value is -2.08. The quantitative estimate of drug-likeness (QED) is 0.458. The third-order valence-electron chi connectivity index (χ3n) is 2.38. The lowest BCUT2D eigenvalue weighted by Crippen LogP contribution is -2.01. The van der Waals surface area contributed by atoms with Crippen molar-refractivity contribution in [1.82, 2.24) is 0 Å². The maximum Gasteiger partial charge on any atom is 0.311 e. The van der Waals surface area contributed by atoms with E-state index in [2.05, 4.69) is 0 Å². The standard InChI is InChI=1S/C13H14ClNO5/c1-3-20-13(16)6-4-5-9-7-11(15(17)18)12(19-2)8-10(9)14/h4-5,7-8H,3,6H2,1-2H3. The first-order chi connectivity index (χ1) is 9.49. The van der Waals surface area contributed by atoms with Gasteiger partial charge in [-0.3, -0.25) is 14.9 Å². The predicted octanol–water partition coefficient (Wildman–Crippen LogP) is 3.22. The summed E-state index contributed by atoms with van der Waals surface area (Å²) in [5.41, 5.74) is 0.246. The van der Waals surface area contributed by atoms with Gasteiger partial charge in [0.25, 0.3) is 0 Å². The van der Waals surface area contributed by atoms with Gasteiger partial charge < -0.3 is 9.47 Å². The van der Waals surface area contributed by atoms with Crippen LogP contribution in [0.4, 0.5) is 5.69 Å². The van der Waals surface area contributed by atoms with Crippen molar-refractivity contribution >= 4 is 29.3 Å². The van der Waals surface area contributed by atoms with Crippen molar-refractivity contribution in [3.63, 3.8) is 0 Å². The summed E-state index contributed by atoms with van der Waals surface area (Å²) in [5, 5.41) is 11.2. The molecule has 0 radical (unpaired) electrons. The van der Waals surface area contributed by atoms with Gasteiger partial charge in [-0.1, -0.05) is 23.8 Å². The second-order valence-electron chi connectivity index (χ2n) is 3.71. The average Bonchev–Trinajstić information content (AvgIpc) is 2.40. The molecule has 0 heterocycles. The average molecular weight is 300 g/mol. The Balaban J connectivity index is 2.95. The van der Waals surface area contributed by atoms with Crippen molar-refractivity contribution in [1.29, 1.82) is 0 Å². The number of halogens is 1. The lowest BCUT2D eigenvalue weighted by Gasteiger charge is -2.04. The number of carbonyl (C=O) groups excluding carboxylic acids is 1. The SMILES string of the molecule is CCOC(=O)CC=Cc1cc([N+](=O)[O-])c(OC)cc1Cl. The van der Waals surface area contributed by atoms with E-state index in [0.29, 0.717) is 17.2 Å². The topological polar surface area (TPSA) is 78.7 Å². The minimum absolute atomic E-state index is 0.0734. The summed E-state index contributed by atoms with van der Waals surface area (Å²) in [6, 6.07) is 2.66. The van der Waals surface area contributed by atoms with Crippen molar-refractivity contribution < 1.29 is 19.2 Å². The highest BCUT2D eigenvalue weighted by atomic mass is 35.5. The summed E-state index contributed by atoms with van der Waals surface area (Å²) in [4.78, 5) is 21.5. The van der Waals surface area contributed by atoms with E-state index in [1.165, 1.54) is 31.4 Å². The zero-order valence-corrected chi connectivity index (χ0v) is 11.8. The summed E-state index contributed by atoms with van der Waals surface area (Å²) in [6.07, 6.45) is 3.14. The summed E-state index contributed by atoms with van der Waals surface area (Å²) < 4.78 is 9.65. The molecule has 1 rings (SSSR count). The molecule has 0 N–H and O–H groups in total. The van der Waals surface area contributed by atoms with Crippen LogP contribution in [0.1, 0.15) is 18.9 Å². The van der Waals surface area contributed by atoms with Crippen LogP contribution in [0.15, 0.2) is 18.2 Å². The zero-order chi connectivity index (χ0) is 15.1. The number of nitrogens with zero attached hydrogens (tertiary/aromatic N) is 1. The number of nitro benzene ring substituents is 1. The van der Waals surface area contributed by atoms with E-state index >= 15 is 0 Å². The van der Waals surface area contributed by atoms with Crippen LogP contribution < -0.4 is 4.74 Å². The Kier molecular flexibility index (Phi) is 5.99. The van der Waals surface area contributed by atoms with Gasteiger partial charge >= 0.3 is 11.7 Å².